The van der Waals surface area contributed by atoms with Gasteiger partial charge in [-0.15, -0.1) is 0 Å². The number of carbonyl (C=O) groups is 1. The number of hydrogen-bond acceptors (Lipinski definition) is 3. The average Bonchev–Trinajstić information content (AvgIpc) is 2.42. The smallest absolute Gasteiger partial charge is 0.305 e. The van der Waals surface area contributed by atoms with E-state index in [1.54, 1.807) is 0 Å². The molecule has 0 saturated carbocycles. The quantitative estimate of drug-likeness (QED) is 0.579. The van der Waals surface area contributed by atoms with Crippen molar-refractivity contribution in [3.8, 4) is 0 Å². The summed E-state index contributed by atoms with van der Waals surface area (Å²) in [6.07, 6.45) is 2.36. The molecule has 1 aromatic rings. The highest BCUT2D eigenvalue weighted by atomic mass is 16.5. The largest absolute Gasteiger partial charge is 0.466 e. The number of ether oxygens (including phenoxy) is 1. The Morgan fingerprint density at radius 2 is 1.90 bits per heavy atom. The first kappa shape index (κ1) is 17.7. The van der Waals surface area contributed by atoms with Crippen LogP contribution in [0.1, 0.15) is 58.6 Å². The molecule has 0 aliphatic heterocycles. The van der Waals surface area contributed by atoms with Crippen molar-refractivity contribution in [3.63, 3.8) is 0 Å². The van der Waals surface area contributed by atoms with Crippen molar-refractivity contribution in [2.24, 2.45) is 5.41 Å². The van der Waals surface area contributed by atoms with E-state index in [1.165, 1.54) is 5.56 Å². The van der Waals surface area contributed by atoms with Gasteiger partial charge >= 0.3 is 5.97 Å². The molecule has 0 bridgehead atoms. The Labute approximate surface area is 129 Å². The maximum atomic E-state index is 11.3. The van der Waals surface area contributed by atoms with E-state index in [4.69, 9.17) is 4.74 Å². The molecule has 0 aliphatic rings. The van der Waals surface area contributed by atoms with E-state index in [-0.39, 0.29) is 11.4 Å². The van der Waals surface area contributed by atoms with Crippen LogP contribution in [-0.2, 0) is 9.53 Å². The Kier molecular flexibility index (Phi) is 7.44. The van der Waals surface area contributed by atoms with Gasteiger partial charge in [0, 0.05) is 12.5 Å². The topological polar surface area (TPSA) is 38.3 Å². The molecule has 0 aromatic heterocycles. The highest BCUT2D eigenvalue weighted by Crippen LogP contribution is 2.29. The van der Waals surface area contributed by atoms with Crippen molar-refractivity contribution in [2.45, 2.75) is 53.0 Å². The molecular formula is C18H29NO2. The van der Waals surface area contributed by atoms with Gasteiger partial charge < -0.3 is 10.1 Å². The molecule has 0 heterocycles. The second kappa shape index (κ2) is 8.83. The van der Waals surface area contributed by atoms with E-state index >= 15 is 0 Å². The molecule has 0 aliphatic carbocycles. The lowest BCUT2D eigenvalue weighted by Gasteiger charge is -2.27. The van der Waals surface area contributed by atoms with Gasteiger partial charge in [-0.2, -0.15) is 0 Å². The summed E-state index contributed by atoms with van der Waals surface area (Å²) in [5.74, 6) is -0.105. The lowest BCUT2D eigenvalue weighted by Crippen LogP contribution is -2.27. The van der Waals surface area contributed by atoms with Crippen LogP contribution in [0, 0.1) is 5.41 Å². The molecule has 21 heavy (non-hydrogen) atoms. The number of carbonyl (C=O) groups excluding carboxylic acids is 1. The van der Waals surface area contributed by atoms with Gasteiger partial charge in [0.2, 0.25) is 0 Å². The minimum atomic E-state index is -0.105. The molecule has 0 spiro atoms. The molecule has 1 rings (SSSR count). The van der Waals surface area contributed by atoms with Crippen LogP contribution in [0.2, 0.25) is 0 Å². The molecular weight excluding hydrogens is 262 g/mol. The van der Waals surface area contributed by atoms with E-state index < -0.39 is 0 Å². The van der Waals surface area contributed by atoms with Crippen molar-refractivity contribution in [2.75, 3.05) is 13.2 Å². The van der Waals surface area contributed by atoms with Gasteiger partial charge in [-0.1, -0.05) is 51.1 Å². The summed E-state index contributed by atoms with van der Waals surface area (Å²) in [5.41, 5.74) is 1.57. The van der Waals surface area contributed by atoms with Crippen LogP contribution in [0.3, 0.4) is 0 Å². The summed E-state index contributed by atoms with van der Waals surface area (Å²) >= 11 is 0. The van der Waals surface area contributed by atoms with Crippen LogP contribution in [-0.4, -0.2) is 19.1 Å². The highest BCUT2D eigenvalue weighted by Gasteiger charge is 2.19. The third-order valence-corrected chi connectivity index (χ3v) is 3.27. The van der Waals surface area contributed by atoms with Gasteiger partial charge in [0.05, 0.1) is 6.61 Å². The standard InChI is InChI=1S/C18H29NO2/c1-5-21-17(20)12-9-13-19-16(14-18(2,3)4)15-10-7-6-8-11-15/h6-8,10-11,16,19H,5,9,12-14H2,1-4H3. The van der Waals surface area contributed by atoms with Gasteiger partial charge in [0.25, 0.3) is 0 Å². The van der Waals surface area contributed by atoms with Crippen molar-refractivity contribution in [1.82, 2.24) is 5.32 Å². The number of esters is 1. The second-order valence-electron chi connectivity index (χ2n) is 6.59. The normalized spacial score (nSPS) is 13.0. The number of rotatable bonds is 8. The molecule has 3 nitrogen and oxygen atoms in total. The van der Waals surface area contributed by atoms with Gasteiger partial charge in [0.15, 0.2) is 0 Å². The van der Waals surface area contributed by atoms with Crippen molar-refractivity contribution < 1.29 is 9.53 Å². The van der Waals surface area contributed by atoms with Crippen molar-refractivity contribution in [3.05, 3.63) is 35.9 Å². The Balaban J connectivity index is 2.49. The first-order valence-corrected chi connectivity index (χ1v) is 7.86. The molecule has 1 aromatic carbocycles. The van der Waals surface area contributed by atoms with Crippen LogP contribution in [0.15, 0.2) is 30.3 Å². The average molecular weight is 291 g/mol. The first-order chi connectivity index (χ1) is 9.92. The van der Waals surface area contributed by atoms with Crippen LogP contribution in [0.25, 0.3) is 0 Å². The Bertz CT molecular complexity index is 409. The van der Waals surface area contributed by atoms with Crippen LogP contribution in [0.5, 0.6) is 0 Å². The molecule has 0 saturated heterocycles. The highest BCUT2D eigenvalue weighted by molar-refractivity contribution is 5.69. The zero-order valence-corrected chi connectivity index (χ0v) is 13.8. The summed E-state index contributed by atoms with van der Waals surface area (Å²) in [4.78, 5) is 11.3. The van der Waals surface area contributed by atoms with E-state index in [1.807, 2.05) is 13.0 Å². The molecule has 0 fully saturated rings. The molecule has 1 unspecified atom stereocenters. The number of hydrogen-bond donors (Lipinski definition) is 1. The van der Waals surface area contributed by atoms with E-state index in [0.717, 1.165) is 19.4 Å². The monoisotopic (exact) mass is 291 g/mol. The fraction of sp³-hybridized carbons (Fsp3) is 0.611. The third-order valence-electron chi connectivity index (χ3n) is 3.27. The summed E-state index contributed by atoms with van der Waals surface area (Å²) in [7, 11) is 0. The lowest BCUT2D eigenvalue weighted by atomic mass is 9.85. The summed E-state index contributed by atoms with van der Waals surface area (Å²) in [5, 5.41) is 3.58. The fourth-order valence-corrected chi connectivity index (χ4v) is 2.35. The molecule has 1 N–H and O–H groups in total. The predicted molar refractivity (Wildman–Crippen MR) is 87.1 cm³/mol. The van der Waals surface area contributed by atoms with E-state index in [0.29, 0.717) is 19.1 Å². The zero-order chi connectivity index (χ0) is 15.7. The van der Waals surface area contributed by atoms with Gasteiger partial charge in [0.1, 0.15) is 0 Å². The van der Waals surface area contributed by atoms with Crippen LogP contribution in [0.4, 0.5) is 0 Å². The molecule has 3 heteroatoms. The third kappa shape index (κ3) is 7.86. The molecule has 1 atom stereocenters. The van der Waals surface area contributed by atoms with Crippen molar-refractivity contribution >= 4 is 5.97 Å². The predicted octanol–water partition coefficient (Wildman–Crippen LogP) is 4.10. The molecule has 0 amide bonds. The Morgan fingerprint density at radius 3 is 2.48 bits per heavy atom. The maximum absolute atomic E-state index is 11.3. The first-order valence-electron chi connectivity index (χ1n) is 7.86. The Hall–Kier alpha value is -1.35. The minimum Gasteiger partial charge on any atom is -0.466 e. The Morgan fingerprint density at radius 1 is 1.24 bits per heavy atom. The van der Waals surface area contributed by atoms with Crippen LogP contribution < -0.4 is 5.32 Å². The molecule has 118 valence electrons. The lowest BCUT2D eigenvalue weighted by molar-refractivity contribution is -0.143. The number of benzene rings is 1. The van der Waals surface area contributed by atoms with Crippen LogP contribution >= 0.6 is 0 Å². The fourth-order valence-electron chi connectivity index (χ4n) is 2.35. The minimum absolute atomic E-state index is 0.105. The molecule has 0 radical (unpaired) electrons. The zero-order valence-electron chi connectivity index (χ0n) is 13.8. The summed E-state index contributed by atoms with van der Waals surface area (Å²) in [6, 6.07) is 10.8. The number of nitrogens with one attached hydrogen (secondary N) is 1. The summed E-state index contributed by atoms with van der Waals surface area (Å²) in [6.45, 7) is 9.89. The van der Waals surface area contributed by atoms with Crippen molar-refractivity contribution in [1.29, 1.82) is 0 Å². The summed E-state index contributed by atoms with van der Waals surface area (Å²) < 4.78 is 4.95. The van der Waals surface area contributed by atoms with Gasteiger partial charge in [-0.05, 0) is 37.3 Å². The van der Waals surface area contributed by atoms with E-state index in [9.17, 15) is 4.79 Å². The van der Waals surface area contributed by atoms with Gasteiger partial charge in [-0.3, -0.25) is 4.79 Å². The maximum Gasteiger partial charge on any atom is 0.305 e. The van der Waals surface area contributed by atoms with E-state index in [2.05, 4.69) is 50.4 Å². The SMILES string of the molecule is CCOC(=O)CCCNC(CC(C)(C)C)c1ccccc1. The second-order valence-corrected chi connectivity index (χ2v) is 6.59. The van der Waals surface area contributed by atoms with Gasteiger partial charge in [-0.25, -0.2) is 0 Å².